The van der Waals surface area contributed by atoms with E-state index in [0.717, 1.165) is 11.3 Å². The monoisotopic (exact) mass is 287 g/mol. The lowest BCUT2D eigenvalue weighted by atomic mass is 10.1. The summed E-state index contributed by atoms with van der Waals surface area (Å²) in [6, 6.07) is 6.83. The van der Waals surface area contributed by atoms with Crippen molar-refractivity contribution in [3.63, 3.8) is 0 Å². The van der Waals surface area contributed by atoms with Crippen molar-refractivity contribution in [1.29, 1.82) is 0 Å². The average Bonchev–Trinajstić information content (AvgIpc) is 2.27. The molecule has 0 aliphatic heterocycles. The van der Waals surface area contributed by atoms with E-state index in [0.29, 0.717) is 6.42 Å². The number of nitrogens with two attached hydrogens (primary N) is 1. The van der Waals surface area contributed by atoms with Crippen LogP contribution in [-0.4, -0.2) is 24.7 Å². The molecule has 0 saturated carbocycles. The van der Waals surface area contributed by atoms with Crippen LogP contribution in [0.4, 0.5) is 0 Å². The molecule has 1 rings (SSSR count). The van der Waals surface area contributed by atoms with Gasteiger partial charge in [0.1, 0.15) is 17.4 Å². The quantitative estimate of drug-likeness (QED) is 0.864. The SMILES string of the molecule is COc1ccc(CC(N)C(=O)OC(C)(C)C)cc1.Cl. The van der Waals surface area contributed by atoms with E-state index in [9.17, 15) is 4.79 Å². The third-order valence-electron chi connectivity index (χ3n) is 2.32. The van der Waals surface area contributed by atoms with E-state index in [1.165, 1.54) is 0 Å². The minimum atomic E-state index is -0.641. The van der Waals surface area contributed by atoms with Crippen LogP contribution in [0.5, 0.6) is 5.75 Å². The van der Waals surface area contributed by atoms with Gasteiger partial charge < -0.3 is 15.2 Å². The molecule has 108 valence electrons. The molecule has 0 fully saturated rings. The van der Waals surface area contributed by atoms with E-state index < -0.39 is 11.6 Å². The van der Waals surface area contributed by atoms with Crippen molar-refractivity contribution in [2.24, 2.45) is 5.73 Å². The number of benzene rings is 1. The molecule has 1 unspecified atom stereocenters. The zero-order chi connectivity index (χ0) is 13.8. The van der Waals surface area contributed by atoms with E-state index in [1.807, 2.05) is 45.0 Å². The number of halogens is 1. The highest BCUT2D eigenvalue weighted by atomic mass is 35.5. The van der Waals surface area contributed by atoms with Gasteiger partial charge in [-0.2, -0.15) is 0 Å². The molecular weight excluding hydrogens is 266 g/mol. The smallest absolute Gasteiger partial charge is 0.323 e. The molecule has 2 N–H and O–H groups in total. The largest absolute Gasteiger partial charge is 0.497 e. The van der Waals surface area contributed by atoms with E-state index in [1.54, 1.807) is 7.11 Å². The van der Waals surface area contributed by atoms with Crippen LogP contribution >= 0.6 is 12.4 Å². The highest BCUT2D eigenvalue weighted by molar-refractivity contribution is 5.85. The summed E-state index contributed by atoms with van der Waals surface area (Å²) in [6.45, 7) is 5.47. The number of carbonyl (C=O) groups excluding carboxylic acids is 1. The topological polar surface area (TPSA) is 61.5 Å². The van der Waals surface area contributed by atoms with Crippen LogP contribution < -0.4 is 10.5 Å². The van der Waals surface area contributed by atoms with Gasteiger partial charge in [0.05, 0.1) is 7.11 Å². The first kappa shape index (κ1) is 17.7. The Bertz CT molecular complexity index is 398. The maximum atomic E-state index is 11.7. The van der Waals surface area contributed by atoms with Gasteiger partial charge in [0.15, 0.2) is 0 Å². The lowest BCUT2D eigenvalue weighted by Gasteiger charge is -2.22. The van der Waals surface area contributed by atoms with Crippen LogP contribution in [0, 0.1) is 0 Å². The number of methoxy groups -OCH3 is 1. The zero-order valence-electron chi connectivity index (χ0n) is 11.8. The highest BCUT2D eigenvalue weighted by Crippen LogP contribution is 2.14. The van der Waals surface area contributed by atoms with Crippen molar-refractivity contribution in [3.8, 4) is 5.75 Å². The van der Waals surface area contributed by atoms with Gasteiger partial charge in [0.25, 0.3) is 0 Å². The van der Waals surface area contributed by atoms with Gasteiger partial charge in [0.2, 0.25) is 0 Å². The molecule has 0 bridgehead atoms. The number of esters is 1. The molecule has 0 saturated heterocycles. The van der Waals surface area contributed by atoms with Crippen molar-refractivity contribution in [1.82, 2.24) is 0 Å². The van der Waals surface area contributed by atoms with Gasteiger partial charge in [-0.1, -0.05) is 12.1 Å². The molecular formula is C14H22ClNO3. The summed E-state index contributed by atoms with van der Waals surface area (Å²) in [4.78, 5) is 11.7. The maximum Gasteiger partial charge on any atom is 0.323 e. The van der Waals surface area contributed by atoms with Crippen molar-refractivity contribution >= 4 is 18.4 Å². The lowest BCUT2D eigenvalue weighted by molar-refractivity contribution is -0.156. The lowest BCUT2D eigenvalue weighted by Crippen LogP contribution is -2.38. The summed E-state index contributed by atoms with van der Waals surface area (Å²) in [5, 5.41) is 0. The van der Waals surface area contributed by atoms with E-state index >= 15 is 0 Å². The molecule has 5 heteroatoms. The highest BCUT2D eigenvalue weighted by Gasteiger charge is 2.22. The van der Waals surface area contributed by atoms with Crippen molar-refractivity contribution < 1.29 is 14.3 Å². The summed E-state index contributed by atoms with van der Waals surface area (Å²) in [5.74, 6) is 0.405. The van der Waals surface area contributed by atoms with E-state index in [4.69, 9.17) is 15.2 Å². The number of hydrogen-bond acceptors (Lipinski definition) is 4. The van der Waals surface area contributed by atoms with Crippen LogP contribution in [0.2, 0.25) is 0 Å². The summed E-state index contributed by atoms with van der Waals surface area (Å²) in [7, 11) is 1.61. The van der Waals surface area contributed by atoms with Crippen LogP contribution in [0.3, 0.4) is 0 Å². The second-order valence-electron chi connectivity index (χ2n) is 5.19. The molecule has 0 spiro atoms. The third kappa shape index (κ3) is 6.45. The Labute approximate surface area is 120 Å². The normalized spacial score (nSPS) is 12.3. The fraction of sp³-hybridized carbons (Fsp3) is 0.500. The maximum absolute atomic E-state index is 11.7. The number of carbonyl (C=O) groups is 1. The molecule has 0 aliphatic carbocycles. The Balaban J connectivity index is 0.00000324. The van der Waals surface area contributed by atoms with Crippen LogP contribution in [0.1, 0.15) is 26.3 Å². The van der Waals surface area contributed by atoms with Gasteiger partial charge in [0, 0.05) is 0 Å². The Hall–Kier alpha value is -1.26. The predicted molar refractivity (Wildman–Crippen MR) is 77.8 cm³/mol. The minimum absolute atomic E-state index is 0. The molecule has 1 aromatic carbocycles. The Kier molecular flexibility index (Phi) is 6.87. The fourth-order valence-electron chi connectivity index (χ4n) is 1.48. The minimum Gasteiger partial charge on any atom is -0.497 e. The van der Waals surface area contributed by atoms with Crippen molar-refractivity contribution in [3.05, 3.63) is 29.8 Å². The molecule has 4 nitrogen and oxygen atoms in total. The summed E-state index contributed by atoms with van der Waals surface area (Å²) in [5.41, 5.74) is 6.30. The third-order valence-corrected chi connectivity index (χ3v) is 2.32. The van der Waals surface area contributed by atoms with Gasteiger partial charge in [-0.15, -0.1) is 12.4 Å². The zero-order valence-corrected chi connectivity index (χ0v) is 12.6. The number of hydrogen-bond donors (Lipinski definition) is 1. The number of ether oxygens (including phenoxy) is 2. The second-order valence-corrected chi connectivity index (χ2v) is 5.19. The molecule has 0 aromatic heterocycles. The van der Waals surface area contributed by atoms with Crippen LogP contribution in [-0.2, 0) is 16.0 Å². The first-order valence-electron chi connectivity index (χ1n) is 5.93. The van der Waals surface area contributed by atoms with Gasteiger partial charge in [-0.3, -0.25) is 4.79 Å². The average molecular weight is 288 g/mol. The summed E-state index contributed by atoms with van der Waals surface area (Å²) >= 11 is 0. The molecule has 0 aliphatic rings. The second kappa shape index (κ2) is 7.36. The summed E-state index contributed by atoms with van der Waals surface area (Å²) in [6.07, 6.45) is 0.457. The molecule has 1 atom stereocenters. The van der Waals surface area contributed by atoms with Crippen molar-refractivity contribution in [2.75, 3.05) is 7.11 Å². The molecule has 19 heavy (non-hydrogen) atoms. The van der Waals surface area contributed by atoms with E-state index in [-0.39, 0.29) is 18.4 Å². The summed E-state index contributed by atoms with van der Waals surface area (Å²) < 4.78 is 10.3. The Morgan fingerprint density at radius 1 is 1.26 bits per heavy atom. The Morgan fingerprint density at radius 2 is 1.79 bits per heavy atom. The van der Waals surface area contributed by atoms with Gasteiger partial charge in [-0.05, 0) is 44.9 Å². The van der Waals surface area contributed by atoms with Gasteiger partial charge in [-0.25, -0.2) is 0 Å². The van der Waals surface area contributed by atoms with Gasteiger partial charge >= 0.3 is 5.97 Å². The first-order chi connectivity index (χ1) is 8.31. The van der Waals surface area contributed by atoms with Crippen LogP contribution in [0.15, 0.2) is 24.3 Å². The first-order valence-corrected chi connectivity index (χ1v) is 5.93. The molecule has 0 heterocycles. The standard InChI is InChI=1S/C14H21NO3.ClH/c1-14(2,3)18-13(16)12(15)9-10-5-7-11(17-4)8-6-10;/h5-8,12H,9,15H2,1-4H3;1H. The van der Waals surface area contributed by atoms with Crippen LogP contribution in [0.25, 0.3) is 0 Å². The Morgan fingerprint density at radius 3 is 2.21 bits per heavy atom. The molecule has 1 aromatic rings. The number of rotatable bonds is 4. The fourth-order valence-corrected chi connectivity index (χ4v) is 1.48. The van der Waals surface area contributed by atoms with E-state index in [2.05, 4.69) is 0 Å². The molecule has 0 amide bonds. The molecule has 0 radical (unpaired) electrons. The van der Waals surface area contributed by atoms with Crippen molar-refractivity contribution in [2.45, 2.75) is 38.8 Å². The predicted octanol–water partition coefficient (Wildman–Crippen LogP) is 2.33.